The predicted octanol–water partition coefficient (Wildman–Crippen LogP) is 8.22. The molecule has 2 aromatic rings. The van der Waals surface area contributed by atoms with Crippen molar-refractivity contribution in [3.63, 3.8) is 0 Å². The Morgan fingerprint density at radius 3 is 1.41 bits per heavy atom. The van der Waals surface area contributed by atoms with Crippen molar-refractivity contribution in [1.29, 1.82) is 0 Å². The van der Waals surface area contributed by atoms with Crippen molar-refractivity contribution in [2.45, 2.75) is 141 Å². The monoisotopic (exact) mass is 568 g/mol. The third-order valence-electron chi connectivity index (χ3n) is 8.25. The number of aliphatic hydroxyl groups excluding tert-OH is 2. The van der Waals surface area contributed by atoms with E-state index in [1.54, 1.807) is 0 Å². The summed E-state index contributed by atoms with van der Waals surface area (Å²) in [6.45, 7) is 5.84. The van der Waals surface area contributed by atoms with Crippen LogP contribution >= 0.6 is 0 Å². The summed E-state index contributed by atoms with van der Waals surface area (Å²) in [4.78, 5) is 0. The minimum atomic E-state index is -0.457. The summed E-state index contributed by atoms with van der Waals surface area (Å²) in [5.74, 6) is 1.87. The van der Waals surface area contributed by atoms with E-state index in [9.17, 15) is 10.2 Å². The Kier molecular flexibility index (Phi) is 16.3. The molecule has 2 aromatic carbocycles. The zero-order valence-corrected chi connectivity index (χ0v) is 25.8. The molecule has 1 aliphatic heterocycles. The molecule has 1 heterocycles. The first-order valence-corrected chi connectivity index (χ1v) is 16.5. The van der Waals surface area contributed by atoms with E-state index < -0.39 is 12.2 Å². The van der Waals surface area contributed by atoms with Crippen LogP contribution in [0.3, 0.4) is 0 Å². The number of hydrogen-bond acceptors (Lipinski definition) is 5. The first-order chi connectivity index (χ1) is 20.1. The molecular weight excluding hydrogens is 512 g/mol. The average Bonchev–Trinajstić information content (AvgIpc) is 3.50. The average molecular weight is 569 g/mol. The lowest BCUT2D eigenvalue weighted by Gasteiger charge is -2.22. The first kappa shape index (κ1) is 33.4. The van der Waals surface area contributed by atoms with Gasteiger partial charge in [0.05, 0.1) is 37.6 Å². The molecule has 0 saturated carbocycles. The van der Waals surface area contributed by atoms with Crippen LogP contribution in [0.15, 0.2) is 48.5 Å². The molecule has 1 aliphatic rings. The fourth-order valence-electron chi connectivity index (χ4n) is 5.54. The van der Waals surface area contributed by atoms with Crippen molar-refractivity contribution in [2.24, 2.45) is 0 Å². The lowest BCUT2D eigenvalue weighted by atomic mass is 10.0. The van der Waals surface area contributed by atoms with Crippen LogP contribution in [0.25, 0.3) is 0 Å². The van der Waals surface area contributed by atoms with E-state index in [1.807, 2.05) is 0 Å². The molecule has 1 fully saturated rings. The van der Waals surface area contributed by atoms with Gasteiger partial charge in [0.25, 0.3) is 0 Å². The molecule has 0 bridgehead atoms. The second kappa shape index (κ2) is 19.9. The summed E-state index contributed by atoms with van der Waals surface area (Å²) in [6, 6.07) is 16.9. The highest BCUT2D eigenvalue weighted by atomic mass is 16.5. The summed E-state index contributed by atoms with van der Waals surface area (Å²) in [7, 11) is 0. The van der Waals surface area contributed by atoms with Crippen molar-refractivity contribution in [1.82, 2.24) is 0 Å². The highest BCUT2D eigenvalue weighted by Crippen LogP contribution is 2.28. The third-order valence-corrected chi connectivity index (χ3v) is 8.25. The quantitative estimate of drug-likeness (QED) is 0.140. The Balaban J connectivity index is 1.17. The van der Waals surface area contributed by atoms with Gasteiger partial charge in [-0.1, -0.05) is 63.8 Å². The van der Waals surface area contributed by atoms with Gasteiger partial charge >= 0.3 is 0 Å². The second-order valence-electron chi connectivity index (χ2n) is 11.8. The summed E-state index contributed by atoms with van der Waals surface area (Å²) >= 11 is 0. The van der Waals surface area contributed by atoms with Crippen LogP contribution in [-0.2, 0) is 17.6 Å². The summed E-state index contributed by atoms with van der Waals surface area (Å²) in [5, 5.41) is 21.3. The second-order valence-corrected chi connectivity index (χ2v) is 11.8. The summed E-state index contributed by atoms with van der Waals surface area (Å²) in [5.41, 5.74) is 2.75. The standard InChI is InChI=1S/C36H56O5/c1-3-5-13-29-17-21-31(22-18-29)39-27-11-7-9-15-33(37)35-25-26-36(41-35)34(38)16-10-8-12-28-40-32-23-19-30(20-24-32)14-6-4-2/h17-24,33-38H,3-16,25-28H2,1-2H3/t33-,34+,35-,36-/m1/s1. The predicted molar refractivity (Wildman–Crippen MR) is 168 cm³/mol. The number of ether oxygens (including phenoxy) is 3. The van der Waals surface area contributed by atoms with Gasteiger partial charge in [0.15, 0.2) is 0 Å². The van der Waals surface area contributed by atoms with Gasteiger partial charge < -0.3 is 24.4 Å². The van der Waals surface area contributed by atoms with Crippen LogP contribution in [0.5, 0.6) is 11.5 Å². The number of hydrogen-bond donors (Lipinski definition) is 2. The fourth-order valence-corrected chi connectivity index (χ4v) is 5.54. The Hall–Kier alpha value is -2.08. The van der Waals surface area contributed by atoms with Gasteiger partial charge in [-0.15, -0.1) is 0 Å². The van der Waals surface area contributed by atoms with E-state index >= 15 is 0 Å². The first-order valence-electron chi connectivity index (χ1n) is 16.5. The van der Waals surface area contributed by atoms with Gasteiger partial charge in [0.2, 0.25) is 0 Å². The maximum atomic E-state index is 10.6. The van der Waals surface area contributed by atoms with E-state index in [0.717, 1.165) is 88.5 Å². The molecule has 5 heteroatoms. The van der Waals surface area contributed by atoms with Crippen LogP contribution < -0.4 is 9.47 Å². The van der Waals surface area contributed by atoms with Crippen LogP contribution in [0.2, 0.25) is 0 Å². The summed E-state index contributed by atoms with van der Waals surface area (Å²) < 4.78 is 17.8. The zero-order chi connectivity index (χ0) is 29.1. The summed E-state index contributed by atoms with van der Waals surface area (Å²) in [6.07, 6.45) is 15.0. The number of aryl methyl sites for hydroxylation is 2. The molecular formula is C36H56O5. The van der Waals surface area contributed by atoms with Crippen molar-refractivity contribution in [3.05, 3.63) is 59.7 Å². The van der Waals surface area contributed by atoms with Gasteiger partial charge in [0.1, 0.15) is 11.5 Å². The minimum Gasteiger partial charge on any atom is -0.494 e. The molecule has 230 valence electrons. The maximum absolute atomic E-state index is 10.6. The SMILES string of the molecule is CCCCc1ccc(OCCCCC[C@@H](O)[C@H]2CC[C@H]([C@@H](O)CCCCCOc3ccc(CCCC)cc3)O2)cc1. The maximum Gasteiger partial charge on any atom is 0.119 e. The van der Waals surface area contributed by atoms with Gasteiger partial charge in [-0.2, -0.15) is 0 Å². The van der Waals surface area contributed by atoms with Gasteiger partial charge in [-0.3, -0.25) is 0 Å². The van der Waals surface area contributed by atoms with E-state index in [2.05, 4.69) is 62.4 Å². The normalized spacial score (nSPS) is 18.3. The van der Waals surface area contributed by atoms with Crippen molar-refractivity contribution in [2.75, 3.05) is 13.2 Å². The van der Waals surface area contributed by atoms with E-state index in [-0.39, 0.29) is 12.2 Å². The van der Waals surface area contributed by atoms with Crippen molar-refractivity contribution < 1.29 is 24.4 Å². The van der Waals surface area contributed by atoms with Crippen LogP contribution in [0.4, 0.5) is 0 Å². The van der Waals surface area contributed by atoms with Gasteiger partial charge in [0, 0.05) is 0 Å². The van der Waals surface area contributed by atoms with Crippen LogP contribution in [-0.4, -0.2) is 47.8 Å². The van der Waals surface area contributed by atoms with Gasteiger partial charge in [-0.25, -0.2) is 0 Å². The molecule has 1 saturated heterocycles. The smallest absolute Gasteiger partial charge is 0.119 e. The minimum absolute atomic E-state index is 0.154. The molecule has 0 radical (unpaired) electrons. The molecule has 4 atom stereocenters. The topological polar surface area (TPSA) is 68.2 Å². The molecule has 3 rings (SSSR count). The van der Waals surface area contributed by atoms with Gasteiger partial charge in [-0.05, 0) is 112 Å². The Morgan fingerprint density at radius 1 is 0.610 bits per heavy atom. The van der Waals surface area contributed by atoms with Crippen LogP contribution in [0.1, 0.15) is 115 Å². The number of benzene rings is 2. The van der Waals surface area contributed by atoms with E-state index in [1.165, 1.54) is 36.8 Å². The number of rotatable bonds is 22. The molecule has 5 nitrogen and oxygen atoms in total. The molecule has 0 aromatic heterocycles. The van der Waals surface area contributed by atoms with Crippen molar-refractivity contribution in [3.8, 4) is 11.5 Å². The Labute approximate surface area is 249 Å². The Bertz CT molecular complexity index is 837. The lowest BCUT2D eigenvalue weighted by molar-refractivity contribution is -0.0786. The molecule has 0 unspecified atom stereocenters. The largest absolute Gasteiger partial charge is 0.494 e. The third kappa shape index (κ3) is 13.2. The molecule has 0 amide bonds. The molecule has 0 spiro atoms. The Morgan fingerprint density at radius 2 is 1.02 bits per heavy atom. The van der Waals surface area contributed by atoms with Crippen LogP contribution in [0, 0.1) is 0 Å². The molecule has 0 aliphatic carbocycles. The molecule has 2 N–H and O–H groups in total. The highest BCUT2D eigenvalue weighted by Gasteiger charge is 2.33. The number of aliphatic hydroxyl groups is 2. The molecule has 41 heavy (non-hydrogen) atoms. The van der Waals surface area contributed by atoms with Crippen molar-refractivity contribution >= 4 is 0 Å². The number of unbranched alkanes of at least 4 members (excludes halogenated alkanes) is 6. The highest BCUT2D eigenvalue weighted by molar-refractivity contribution is 5.28. The van der Waals surface area contributed by atoms with E-state index in [4.69, 9.17) is 14.2 Å². The zero-order valence-electron chi connectivity index (χ0n) is 25.8. The lowest BCUT2D eigenvalue weighted by Crippen LogP contribution is -2.31. The fraction of sp³-hybridized carbons (Fsp3) is 0.667. The van der Waals surface area contributed by atoms with E-state index in [0.29, 0.717) is 13.2 Å².